The number of esters is 1. The zero-order chi connectivity index (χ0) is 11.4. The fourth-order valence-electron chi connectivity index (χ4n) is 1.21. The van der Waals surface area contributed by atoms with Gasteiger partial charge in [0.1, 0.15) is 0 Å². The van der Waals surface area contributed by atoms with Gasteiger partial charge in [0.25, 0.3) is 0 Å². The van der Waals surface area contributed by atoms with Gasteiger partial charge in [0.15, 0.2) is 5.78 Å². The topological polar surface area (TPSA) is 43.4 Å². The predicted molar refractivity (Wildman–Crippen MR) is 60.1 cm³/mol. The number of hydrogen-bond donors (Lipinski definition) is 0. The summed E-state index contributed by atoms with van der Waals surface area (Å²) < 4.78 is 5.11. The molecule has 1 rings (SSSR count). The van der Waals surface area contributed by atoms with Gasteiger partial charge in [-0.2, -0.15) is 0 Å². The van der Waals surface area contributed by atoms with Gasteiger partial charge < -0.3 is 4.74 Å². The smallest absolute Gasteiger partial charge is 0.339 e. The van der Waals surface area contributed by atoms with E-state index in [0.717, 1.165) is 0 Å². The Morgan fingerprint density at radius 1 is 1.33 bits per heavy atom. The van der Waals surface area contributed by atoms with Crippen LogP contribution in [0.5, 0.6) is 0 Å². The molecule has 0 unspecified atom stereocenters. The number of rotatable bonds is 3. The van der Waals surface area contributed by atoms with Crippen LogP contribution in [0.15, 0.2) is 22.7 Å². The van der Waals surface area contributed by atoms with Crippen molar-refractivity contribution in [1.82, 2.24) is 0 Å². The van der Waals surface area contributed by atoms with Crippen LogP contribution in [0.2, 0.25) is 0 Å². The lowest BCUT2D eigenvalue weighted by Crippen LogP contribution is -2.06. The highest BCUT2D eigenvalue weighted by Gasteiger charge is 2.16. The molecule has 0 spiro atoms. The second-order valence-corrected chi connectivity index (χ2v) is 3.73. The highest BCUT2D eigenvalue weighted by molar-refractivity contribution is 9.10. The SMILES string of the molecule is CCC(=O)c1cccc(C(=O)OC)c1Br. The van der Waals surface area contributed by atoms with Crippen LogP contribution >= 0.6 is 15.9 Å². The summed E-state index contributed by atoms with van der Waals surface area (Å²) in [5, 5.41) is 0. The molecule has 0 aromatic heterocycles. The van der Waals surface area contributed by atoms with E-state index in [-0.39, 0.29) is 5.78 Å². The van der Waals surface area contributed by atoms with Crippen molar-refractivity contribution < 1.29 is 14.3 Å². The number of carbonyl (C=O) groups excluding carboxylic acids is 2. The Balaban J connectivity index is 3.23. The first-order chi connectivity index (χ1) is 7.11. The number of hydrogen-bond acceptors (Lipinski definition) is 3. The molecule has 1 aromatic carbocycles. The molecule has 0 atom stereocenters. The quantitative estimate of drug-likeness (QED) is 0.627. The van der Waals surface area contributed by atoms with Crippen molar-refractivity contribution in [3.8, 4) is 0 Å². The molecule has 15 heavy (non-hydrogen) atoms. The number of methoxy groups -OCH3 is 1. The number of Topliss-reactive ketones (excluding diaryl/α,β-unsaturated/α-hetero) is 1. The van der Waals surface area contributed by atoms with E-state index < -0.39 is 5.97 Å². The zero-order valence-electron chi connectivity index (χ0n) is 8.54. The van der Waals surface area contributed by atoms with E-state index in [1.807, 2.05) is 0 Å². The lowest BCUT2D eigenvalue weighted by atomic mass is 10.1. The number of halogens is 1. The largest absolute Gasteiger partial charge is 0.465 e. The first-order valence-corrected chi connectivity index (χ1v) is 5.31. The molecule has 1 aromatic rings. The Morgan fingerprint density at radius 3 is 2.47 bits per heavy atom. The zero-order valence-corrected chi connectivity index (χ0v) is 10.1. The molecule has 0 aliphatic rings. The Labute approximate surface area is 96.6 Å². The van der Waals surface area contributed by atoms with Crippen LogP contribution < -0.4 is 0 Å². The molecule has 0 aliphatic heterocycles. The Kier molecular flexibility index (Phi) is 4.03. The maximum atomic E-state index is 11.5. The second-order valence-electron chi connectivity index (χ2n) is 2.94. The van der Waals surface area contributed by atoms with Crippen LogP contribution in [0.25, 0.3) is 0 Å². The maximum Gasteiger partial charge on any atom is 0.339 e. The summed E-state index contributed by atoms with van der Waals surface area (Å²) >= 11 is 3.24. The fraction of sp³-hybridized carbons (Fsp3) is 0.273. The number of ketones is 1. The monoisotopic (exact) mass is 270 g/mol. The minimum Gasteiger partial charge on any atom is -0.465 e. The third-order valence-corrected chi connectivity index (χ3v) is 2.88. The molecule has 0 N–H and O–H groups in total. The van der Waals surface area contributed by atoms with E-state index in [1.54, 1.807) is 25.1 Å². The molecule has 0 bridgehead atoms. The minimum absolute atomic E-state index is 0.00683. The predicted octanol–water partition coefficient (Wildman–Crippen LogP) is 2.83. The van der Waals surface area contributed by atoms with E-state index in [0.29, 0.717) is 22.0 Å². The molecule has 3 nitrogen and oxygen atoms in total. The molecule has 0 aliphatic carbocycles. The van der Waals surface area contributed by atoms with Gasteiger partial charge in [-0.25, -0.2) is 4.79 Å². The summed E-state index contributed by atoms with van der Waals surface area (Å²) in [4.78, 5) is 22.8. The maximum absolute atomic E-state index is 11.5. The normalized spacial score (nSPS) is 9.80. The summed E-state index contributed by atoms with van der Waals surface area (Å²) in [6.07, 6.45) is 0.406. The van der Waals surface area contributed by atoms with Gasteiger partial charge in [0.2, 0.25) is 0 Å². The van der Waals surface area contributed by atoms with Crippen molar-refractivity contribution in [2.24, 2.45) is 0 Å². The van der Waals surface area contributed by atoms with E-state index >= 15 is 0 Å². The molecule has 80 valence electrons. The number of benzene rings is 1. The minimum atomic E-state index is -0.451. The van der Waals surface area contributed by atoms with Crippen molar-refractivity contribution in [3.63, 3.8) is 0 Å². The summed E-state index contributed by atoms with van der Waals surface area (Å²) in [5.74, 6) is -0.458. The lowest BCUT2D eigenvalue weighted by molar-refractivity contribution is 0.0599. The van der Waals surface area contributed by atoms with Gasteiger partial charge in [-0.1, -0.05) is 19.1 Å². The Morgan fingerprint density at radius 2 is 1.93 bits per heavy atom. The van der Waals surface area contributed by atoms with Crippen LogP contribution in [-0.2, 0) is 4.74 Å². The molecule has 0 saturated carbocycles. The van der Waals surface area contributed by atoms with Crippen molar-refractivity contribution in [3.05, 3.63) is 33.8 Å². The molecular formula is C11H11BrO3. The molecule has 0 heterocycles. The van der Waals surface area contributed by atoms with Crippen molar-refractivity contribution in [2.75, 3.05) is 7.11 Å². The van der Waals surface area contributed by atoms with Gasteiger partial charge in [0.05, 0.1) is 12.7 Å². The van der Waals surface area contributed by atoms with Crippen LogP contribution in [-0.4, -0.2) is 18.9 Å². The molecule has 0 fully saturated rings. The second kappa shape index (κ2) is 5.07. The highest BCUT2D eigenvalue weighted by atomic mass is 79.9. The molecule has 4 heteroatoms. The third kappa shape index (κ3) is 2.45. The van der Waals surface area contributed by atoms with Gasteiger partial charge in [0, 0.05) is 16.5 Å². The average molecular weight is 271 g/mol. The van der Waals surface area contributed by atoms with Crippen molar-refractivity contribution in [1.29, 1.82) is 0 Å². The summed E-state index contributed by atoms with van der Waals surface area (Å²) in [6.45, 7) is 1.78. The third-order valence-electron chi connectivity index (χ3n) is 2.03. The van der Waals surface area contributed by atoms with E-state index in [1.165, 1.54) is 7.11 Å². The highest BCUT2D eigenvalue weighted by Crippen LogP contribution is 2.23. The number of carbonyl (C=O) groups is 2. The first-order valence-electron chi connectivity index (χ1n) is 4.51. The van der Waals surface area contributed by atoms with Crippen LogP contribution in [0.3, 0.4) is 0 Å². The fourth-order valence-corrected chi connectivity index (χ4v) is 1.85. The van der Waals surface area contributed by atoms with Crippen LogP contribution in [0, 0.1) is 0 Å². The standard InChI is InChI=1S/C11H11BrO3/c1-3-9(13)7-5-4-6-8(10(7)12)11(14)15-2/h4-6H,3H2,1-2H3. The Hall–Kier alpha value is -1.16. The molecule has 0 amide bonds. The number of ether oxygens (including phenoxy) is 1. The van der Waals surface area contributed by atoms with Crippen molar-refractivity contribution in [2.45, 2.75) is 13.3 Å². The van der Waals surface area contributed by atoms with E-state index in [9.17, 15) is 9.59 Å². The van der Waals surface area contributed by atoms with E-state index in [2.05, 4.69) is 20.7 Å². The van der Waals surface area contributed by atoms with Gasteiger partial charge in [-0.3, -0.25) is 4.79 Å². The van der Waals surface area contributed by atoms with Crippen LogP contribution in [0.1, 0.15) is 34.1 Å². The molecular weight excluding hydrogens is 260 g/mol. The van der Waals surface area contributed by atoms with Gasteiger partial charge in [-0.15, -0.1) is 0 Å². The Bertz CT molecular complexity index is 365. The summed E-state index contributed by atoms with van der Waals surface area (Å²) in [6, 6.07) is 4.96. The van der Waals surface area contributed by atoms with E-state index in [4.69, 9.17) is 0 Å². The average Bonchev–Trinajstić information content (AvgIpc) is 2.27. The summed E-state index contributed by atoms with van der Waals surface area (Å²) in [7, 11) is 1.31. The summed E-state index contributed by atoms with van der Waals surface area (Å²) in [5.41, 5.74) is 0.886. The molecule has 0 saturated heterocycles. The van der Waals surface area contributed by atoms with Gasteiger partial charge in [-0.05, 0) is 22.0 Å². The first kappa shape index (κ1) is 11.9. The lowest BCUT2D eigenvalue weighted by Gasteiger charge is -2.06. The van der Waals surface area contributed by atoms with Crippen LogP contribution in [0.4, 0.5) is 0 Å². The molecule has 0 radical (unpaired) electrons. The van der Waals surface area contributed by atoms with Gasteiger partial charge >= 0.3 is 5.97 Å². The van der Waals surface area contributed by atoms with Crippen molar-refractivity contribution >= 4 is 27.7 Å².